The first-order valence-corrected chi connectivity index (χ1v) is 9.32. The molecule has 0 atom stereocenters. The fraction of sp³-hybridized carbons (Fsp3) is 0. The zero-order chi connectivity index (χ0) is 16.9. The number of benzene rings is 3. The number of hydrogen-bond acceptors (Lipinski definition) is 4. The minimum Gasteiger partial charge on any atom is -0.339 e. The number of halogens is 1. The molecular weight excluding hydrogens is 392 g/mol. The molecule has 0 unspecified atom stereocenters. The first kappa shape index (κ1) is 15.3. The molecule has 0 amide bonds. The van der Waals surface area contributed by atoms with E-state index in [0.717, 1.165) is 15.7 Å². The summed E-state index contributed by atoms with van der Waals surface area (Å²) in [6.45, 7) is 0. The second kappa shape index (κ2) is 5.41. The fourth-order valence-electron chi connectivity index (χ4n) is 2.83. The van der Waals surface area contributed by atoms with Crippen LogP contribution in [0.15, 0.2) is 69.0 Å². The van der Waals surface area contributed by atoms with E-state index >= 15 is 0 Å². The van der Waals surface area contributed by atoms with Crippen LogP contribution in [0.3, 0.4) is 0 Å². The van der Waals surface area contributed by atoms with Crippen LogP contribution in [-0.2, 0) is 10.1 Å². The Bertz CT molecular complexity index is 1120. The van der Waals surface area contributed by atoms with Gasteiger partial charge in [0, 0.05) is 26.5 Å². The Hall–Kier alpha value is -2.22. The highest BCUT2D eigenvalue weighted by molar-refractivity contribution is 9.10. The highest BCUT2D eigenvalue weighted by Gasteiger charge is 2.21. The Labute approximate surface area is 146 Å². The molecule has 1 aliphatic rings. The van der Waals surface area contributed by atoms with Gasteiger partial charge >= 0.3 is 0 Å². The minimum atomic E-state index is -4.30. The maximum Gasteiger partial charge on any atom is 0.295 e. The Morgan fingerprint density at radius 2 is 1.83 bits per heavy atom. The molecule has 0 aliphatic carbocycles. The maximum absolute atomic E-state index is 11.6. The average Bonchev–Trinajstić information content (AvgIpc) is 2.54. The SMILES string of the molecule is O=S(=O)(O)c1ccc2c3c(cccc13)NC(c1cccc(Br)c1)=N2. The summed E-state index contributed by atoms with van der Waals surface area (Å²) in [5.74, 6) is 0.677. The van der Waals surface area contributed by atoms with Gasteiger partial charge in [0.05, 0.1) is 5.69 Å². The van der Waals surface area contributed by atoms with Gasteiger partial charge < -0.3 is 5.32 Å². The van der Waals surface area contributed by atoms with Gasteiger partial charge in [-0.1, -0.05) is 40.2 Å². The van der Waals surface area contributed by atoms with Crippen molar-refractivity contribution in [2.75, 3.05) is 5.32 Å². The van der Waals surface area contributed by atoms with Crippen molar-refractivity contribution in [3.63, 3.8) is 0 Å². The lowest BCUT2D eigenvalue weighted by molar-refractivity contribution is 0.484. The minimum absolute atomic E-state index is 0.119. The van der Waals surface area contributed by atoms with Crippen molar-refractivity contribution in [1.29, 1.82) is 0 Å². The summed E-state index contributed by atoms with van der Waals surface area (Å²) in [6.07, 6.45) is 0. The van der Waals surface area contributed by atoms with Gasteiger partial charge in [0.25, 0.3) is 10.1 Å². The third-order valence-electron chi connectivity index (χ3n) is 3.84. The summed E-state index contributed by atoms with van der Waals surface area (Å²) in [7, 11) is -4.30. The maximum atomic E-state index is 11.6. The van der Waals surface area contributed by atoms with Gasteiger partial charge in [-0.25, -0.2) is 4.99 Å². The molecule has 5 nitrogen and oxygen atoms in total. The van der Waals surface area contributed by atoms with Crippen molar-refractivity contribution in [3.8, 4) is 0 Å². The summed E-state index contributed by atoms with van der Waals surface area (Å²) in [4.78, 5) is 4.49. The summed E-state index contributed by atoms with van der Waals surface area (Å²) in [6, 6.07) is 16.0. The topological polar surface area (TPSA) is 78.8 Å². The smallest absolute Gasteiger partial charge is 0.295 e. The lowest BCUT2D eigenvalue weighted by Gasteiger charge is -2.20. The van der Waals surface area contributed by atoms with Crippen molar-refractivity contribution >= 4 is 54.0 Å². The van der Waals surface area contributed by atoms with E-state index < -0.39 is 10.1 Å². The molecule has 0 aromatic heterocycles. The third kappa shape index (κ3) is 2.50. The second-order valence-corrected chi connectivity index (χ2v) is 7.69. The quantitative estimate of drug-likeness (QED) is 0.624. The lowest BCUT2D eigenvalue weighted by atomic mass is 10.0. The molecular formula is C17H11BrN2O3S. The van der Waals surface area contributed by atoms with Gasteiger partial charge in [0.15, 0.2) is 0 Å². The number of rotatable bonds is 2. The fourth-order valence-corrected chi connectivity index (χ4v) is 3.92. The van der Waals surface area contributed by atoms with Gasteiger partial charge in [-0.15, -0.1) is 0 Å². The summed E-state index contributed by atoms with van der Waals surface area (Å²) in [5, 5.41) is 4.35. The number of nitrogens with one attached hydrogen (secondary N) is 1. The van der Waals surface area contributed by atoms with Crippen LogP contribution in [0.25, 0.3) is 10.8 Å². The number of anilines is 1. The van der Waals surface area contributed by atoms with E-state index in [1.54, 1.807) is 18.2 Å². The van der Waals surface area contributed by atoms with E-state index in [-0.39, 0.29) is 4.90 Å². The second-order valence-electron chi connectivity index (χ2n) is 5.38. The number of hydrogen-bond donors (Lipinski definition) is 2. The molecule has 1 heterocycles. The molecule has 3 aromatic carbocycles. The van der Waals surface area contributed by atoms with E-state index in [0.29, 0.717) is 22.3 Å². The molecule has 7 heteroatoms. The van der Waals surface area contributed by atoms with E-state index in [9.17, 15) is 13.0 Å². The highest BCUT2D eigenvalue weighted by Crippen LogP contribution is 2.39. The molecule has 0 saturated carbocycles. The Morgan fingerprint density at radius 3 is 2.58 bits per heavy atom. The van der Waals surface area contributed by atoms with Crippen LogP contribution in [0.4, 0.5) is 11.4 Å². The Balaban J connectivity index is 1.98. The lowest BCUT2D eigenvalue weighted by Crippen LogP contribution is -2.16. The van der Waals surface area contributed by atoms with E-state index in [4.69, 9.17) is 0 Å². The normalized spacial score (nSPS) is 13.5. The first-order chi connectivity index (χ1) is 11.4. The van der Waals surface area contributed by atoms with Crippen molar-refractivity contribution in [2.45, 2.75) is 4.90 Å². The van der Waals surface area contributed by atoms with E-state index in [2.05, 4.69) is 26.2 Å². The van der Waals surface area contributed by atoms with Crippen LogP contribution in [0.2, 0.25) is 0 Å². The van der Waals surface area contributed by atoms with Gasteiger partial charge in [0.1, 0.15) is 10.7 Å². The predicted octanol–water partition coefficient (Wildman–Crippen LogP) is 4.35. The average molecular weight is 403 g/mol. The largest absolute Gasteiger partial charge is 0.339 e. The van der Waals surface area contributed by atoms with Crippen LogP contribution in [0.5, 0.6) is 0 Å². The zero-order valence-corrected chi connectivity index (χ0v) is 14.6. The third-order valence-corrected chi connectivity index (χ3v) is 5.24. The van der Waals surface area contributed by atoms with E-state index in [1.165, 1.54) is 6.07 Å². The van der Waals surface area contributed by atoms with Crippen molar-refractivity contribution in [3.05, 3.63) is 64.6 Å². The van der Waals surface area contributed by atoms with Gasteiger partial charge in [0.2, 0.25) is 0 Å². The highest BCUT2D eigenvalue weighted by atomic mass is 79.9. The van der Waals surface area contributed by atoms with Gasteiger partial charge in [-0.05, 0) is 30.3 Å². The summed E-state index contributed by atoms with van der Waals surface area (Å²) < 4.78 is 33.6. The number of amidine groups is 1. The zero-order valence-electron chi connectivity index (χ0n) is 12.2. The van der Waals surface area contributed by atoms with Crippen molar-refractivity contribution in [2.24, 2.45) is 4.99 Å². The molecule has 24 heavy (non-hydrogen) atoms. The molecule has 120 valence electrons. The monoisotopic (exact) mass is 402 g/mol. The van der Waals surface area contributed by atoms with Gasteiger partial charge in [-0.2, -0.15) is 8.42 Å². The Morgan fingerprint density at radius 1 is 1.04 bits per heavy atom. The first-order valence-electron chi connectivity index (χ1n) is 7.08. The molecule has 0 fully saturated rings. The molecule has 1 aliphatic heterocycles. The van der Waals surface area contributed by atoms with Crippen LogP contribution in [0.1, 0.15) is 5.56 Å². The standard InChI is InChI=1S/C17H11BrN2O3S/c18-11-4-1-3-10(9-11)17-19-13-6-2-5-12-15(24(21,22)23)8-7-14(20-17)16(12)13/h1-9H,(H,19,20)(H,21,22,23). The summed E-state index contributed by atoms with van der Waals surface area (Å²) >= 11 is 3.44. The molecule has 0 radical (unpaired) electrons. The molecule has 0 bridgehead atoms. The number of nitrogens with zero attached hydrogens (tertiary/aromatic N) is 1. The molecule has 2 N–H and O–H groups in total. The van der Waals surface area contributed by atoms with Crippen molar-refractivity contribution in [1.82, 2.24) is 0 Å². The van der Waals surface area contributed by atoms with Crippen LogP contribution < -0.4 is 5.32 Å². The molecule has 0 saturated heterocycles. The van der Waals surface area contributed by atoms with Crippen LogP contribution in [0, 0.1) is 0 Å². The van der Waals surface area contributed by atoms with Gasteiger partial charge in [-0.3, -0.25) is 4.55 Å². The van der Waals surface area contributed by atoms with E-state index in [1.807, 2.05) is 30.3 Å². The predicted molar refractivity (Wildman–Crippen MR) is 97.7 cm³/mol. The molecule has 3 aromatic rings. The Kier molecular flexibility index (Phi) is 3.45. The summed E-state index contributed by atoms with van der Waals surface area (Å²) in [5.41, 5.74) is 2.31. The van der Waals surface area contributed by atoms with Crippen LogP contribution >= 0.6 is 15.9 Å². The number of aliphatic imine (C=N–C) groups is 1. The molecule has 4 rings (SSSR count). The molecule has 0 spiro atoms. The van der Waals surface area contributed by atoms with Crippen LogP contribution in [-0.4, -0.2) is 18.8 Å². The van der Waals surface area contributed by atoms with Crippen molar-refractivity contribution < 1.29 is 13.0 Å².